The van der Waals surface area contributed by atoms with Crippen LogP contribution >= 0.6 is 11.8 Å². The van der Waals surface area contributed by atoms with Crippen molar-refractivity contribution in [2.45, 2.75) is 24.1 Å². The van der Waals surface area contributed by atoms with Crippen LogP contribution in [-0.4, -0.2) is 40.6 Å². The summed E-state index contributed by atoms with van der Waals surface area (Å²) in [6.45, 7) is 3.87. The molecule has 2 rings (SSSR count). The van der Waals surface area contributed by atoms with Crippen LogP contribution in [0.5, 0.6) is 5.75 Å². The second-order valence-corrected chi connectivity index (χ2v) is 6.31. The molecule has 0 unspecified atom stereocenters. The maximum absolute atomic E-state index is 9.46. The Hall–Kier alpha value is -0.710. The van der Waals surface area contributed by atoms with Gasteiger partial charge < -0.3 is 10.8 Å². The summed E-state index contributed by atoms with van der Waals surface area (Å²) in [5, 5.41) is 9.46. The van der Waals surface area contributed by atoms with Gasteiger partial charge in [0.1, 0.15) is 5.75 Å². The number of hydrogen-bond donors (Lipinski definition) is 2. The monoisotopic (exact) mass is 266 g/mol. The van der Waals surface area contributed by atoms with E-state index in [0.29, 0.717) is 5.75 Å². The molecule has 0 spiro atoms. The summed E-state index contributed by atoms with van der Waals surface area (Å²) < 4.78 is 0.287. The molecule has 3 nitrogen and oxygen atoms in total. The number of phenols is 1. The van der Waals surface area contributed by atoms with Gasteiger partial charge in [-0.15, -0.1) is 0 Å². The van der Waals surface area contributed by atoms with Crippen molar-refractivity contribution in [3.8, 4) is 5.75 Å². The second kappa shape index (κ2) is 5.95. The van der Waals surface area contributed by atoms with Gasteiger partial charge in [-0.05, 0) is 49.9 Å². The Labute approximate surface area is 113 Å². The molecular weight excluding hydrogens is 244 g/mol. The van der Waals surface area contributed by atoms with Gasteiger partial charge >= 0.3 is 0 Å². The Morgan fingerprint density at radius 1 is 1.39 bits per heavy atom. The van der Waals surface area contributed by atoms with E-state index in [1.165, 1.54) is 5.56 Å². The molecule has 1 aliphatic heterocycles. The van der Waals surface area contributed by atoms with E-state index < -0.39 is 0 Å². The lowest BCUT2D eigenvalue weighted by atomic mass is 9.95. The minimum atomic E-state index is 0.287. The Balaban J connectivity index is 1.91. The molecule has 100 valence electrons. The Kier molecular flexibility index (Phi) is 4.54. The summed E-state index contributed by atoms with van der Waals surface area (Å²) in [5.74, 6) is 0.352. The third kappa shape index (κ3) is 3.19. The molecule has 1 aliphatic rings. The van der Waals surface area contributed by atoms with E-state index >= 15 is 0 Å². The molecule has 1 heterocycles. The van der Waals surface area contributed by atoms with Crippen LogP contribution < -0.4 is 5.73 Å². The highest BCUT2D eigenvalue weighted by Crippen LogP contribution is 2.33. The van der Waals surface area contributed by atoms with Crippen molar-refractivity contribution >= 4 is 11.8 Å². The number of nitrogens with zero attached hydrogens (tertiary/aromatic N) is 1. The molecule has 3 N–H and O–H groups in total. The molecule has 0 atom stereocenters. The van der Waals surface area contributed by atoms with Crippen molar-refractivity contribution in [2.24, 2.45) is 5.73 Å². The highest BCUT2D eigenvalue weighted by atomic mass is 32.2. The van der Waals surface area contributed by atoms with Crippen LogP contribution in [-0.2, 0) is 6.54 Å². The largest absolute Gasteiger partial charge is 0.508 e. The topological polar surface area (TPSA) is 49.5 Å². The van der Waals surface area contributed by atoms with Crippen molar-refractivity contribution < 1.29 is 5.11 Å². The molecule has 0 radical (unpaired) electrons. The highest BCUT2D eigenvalue weighted by Gasteiger charge is 2.32. The summed E-state index contributed by atoms with van der Waals surface area (Å²) in [7, 11) is 0. The average molecular weight is 266 g/mol. The van der Waals surface area contributed by atoms with E-state index in [1.54, 1.807) is 6.07 Å². The lowest BCUT2D eigenvalue weighted by Crippen LogP contribution is -2.46. The molecule has 0 saturated carbocycles. The van der Waals surface area contributed by atoms with Crippen LogP contribution in [0.3, 0.4) is 0 Å². The van der Waals surface area contributed by atoms with E-state index in [9.17, 15) is 5.11 Å². The first-order valence-corrected chi connectivity index (χ1v) is 7.65. The third-order valence-electron chi connectivity index (χ3n) is 3.89. The second-order valence-electron chi connectivity index (χ2n) is 5.04. The molecule has 0 bridgehead atoms. The number of aromatic hydroxyl groups is 1. The SMILES string of the molecule is CSC1(CN)CCN(Cc2cccc(O)c2)CC1. The number of likely N-dealkylation sites (tertiary alicyclic amines) is 1. The number of hydrogen-bond acceptors (Lipinski definition) is 4. The van der Waals surface area contributed by atoms with Gasteiger partial charge in [0, 0.05) is 17.8 Å². The Morgan fingerprint density at radius 3 is 2.67 bits per heavy atom. The number of phenolic OH excluding ortho intramolecular Hbond substituents is 1. The number of nitrogens with two attached hydrogens (primary N) is 1. The van der Waals surface area contributed by atoms with Gasteiger partial charge in [-0.25, -0.2) is 0 Å². The molecule has 0 amide bonds. The van der Waals surface area contributed by atoms with Crippen LogP contribution in [0.25, 0.3) is 0 Å². The van der Waals surface area contributed by atoms with Crippen LogP contribution in [0.2, 0.25) is 0 Å². The third-order valence-corrected chi connectivity index (χ3v) is 5.33. The zero-order chi connectivity index (χ0) is 13.0. The van der Waals surface area contributed by atoms with Gasteiger partial charge in [-0.3, -0.25) is 4.90 Å². The number of rotatable bonds is 4. The summed E-state index contributed by atoms with van der Waals surface area (Å²) in [6.07, 6.45) is 4.48. The molecule has 18 heavy (non-hydrogen) atoms. The number of thioether (sulfide) groups is 1. The molecule has 4 heteroatoms. The zero-order valence-corrected chi connectivity index (χ0v) is 11.7. The first-order valence-electron chi connectivity index (χ1n) is 6.43. The highest BCUT2D eigenvalue weighted by molar-refractivity contribution is 8.00. The molecule has 0 aliphatic carbocycles. The van der Waals surface area contributed by atoms with E-state index in [-0.39, 0.29) is 4.75 Å². The predicted molar refractivity (Wildman–Crippen MR) is 77.9 cm³/mol. The van der Waals surface area contributed by atoms with Gasteiger partial charge in [0.2, 0.25) is 0 Å². The molecule has 0 aromatic heterocycles. The summed E-state index contributed by atoms with van der Waals surface area (Å²) in [6, 6.07) is 7.53. The molecule has 1 aromatic rings. The summed E-state index contributed by atoms with van der Waals surface area (Å²) in [4.78, 5) is 2.44. The van der Waals surface area contributed by atoms with Gasteiger partial charge in [0.05, 0.1) is 0 Å². The van der Waals surface area contributed by atoms with E-state index in [4.69, 9.17) is 5.73 Å². The fraction of sp³-hybridized carbons (Fsp3) is 0.571. The zero-order valence-electron chi connectivity index (χ0n) is 10.9. The van der Waals surface area contributed by atoms with E-state index in [1.807, 2.05) is 23.9 Å². The normalized spacial score (nSPS) is 19.9. The first kappa shape index (κ1) is 13.7. The lowest BCUT2D eigenvalue weighted by Gasteiger charge is -2.40. The Bertz CT molecular complexity index is 383. The van der Waals surface area contributed by atoms with Crippen LogP contribution in [0, 0.1) is 0 Å². The first-order chi connectivity index (χ1) is 8.67. The fourth-order valence-corrected chi connectivity index (χ4v) is 3.28. The number of piperidine rings is 1. The average Bonchev–Trinajstić information content (AvgIpc) is 2.40. The van der Waals surface area contributed by atoms with Crippen molar-refractivity contribution in [2.75, 3.05) is 25.9 Å². The standard InChI is InChI=1S/C14H22N2OS/c1-18-14(11-15)5-7-16(8-6-14)10-12-3-2-4-13(17)9-12/h2-4,9,17H,5-8,10-11,15H2,1H3. The number of benzene rings is 1. The maximum atomic E-state index is 9.46. The van der Waals surface area contributed by atoms with E-state index in [0.717, 1.165) is 39.0 Å². The van der Waals surface area contributed by atoms with Crippen LogP contribution in [0.15, 0.2) is 24.3 Å². The predicted octanol–water partition coefficient (Wildman–Crippen LogP) is 2.05. The van der Waals surface area contributed by atoms with Gasteiger partial charge in [0.25, 0.3) is 0 Å². The van der Waals surface area contributed by atoms with Gasteiger partial charge in [-0.1, -0.05) is 12.1 Å². The Morgan fingerprint density at radius 2 is 2.11 bits per heavy atom. The molecule has 1 aromatic carbocycles. The smallest absolute Gasteiger partial charge is 0.115 e. The van der Waals surface area contributed by atoms with Crippen LogP contribution in [0.1, 0.15) is 18.4 Å². The lowest BCUT2D eigenvalue weighted by molar-refractivity contribution is 0.195. The van der Waals surface area contributed by atoms with Crippen molar-refractivity contribution in [1.29, 1.82) is 0 Å². The van der Waals surface area contributed by atoms with Gasteiger partial charge in [-0.2, -0.15) is 11.8 Å². The summed E-state index contributed by atoms with van der Waals surface area (Å²) >= 11 is 1.91. The minimum absolute atomic E-state index is 0.287. The van der Waals surface area contributed by atoms with Crippen molar-refractivity contribution in [3.05, 3.63) is 29.8 Å². The molecular formula is C14H22N2OS. The fourth-order valence-electron chi connectivity index (χ4n) is 2.52. The van der Waals surface area contributed by atoms with E-state index in [2.05, 4.69) is 17.2 Å². The van der Waals surface area contributed by atoms with Crippen molar-refractivity contribution in [1.82, 2.24) is 4.90 Å². The minimum Gasteiger partial charge on any atom is -0.508 e. The van der Waals surface area contributed by atoms with Gasteiger partial charge in [0.15, 0.2) is 0 Å². The molecule has 1 saturated heterocycles. The maximum Gasteiger partial charge on any atom is 0.115 e. The van der Waals surface area contributed by atoms with Crippen molar-refractivity contribution in [3.63, 3.8) is 0 Å². The quantitative estimate of drug-likeness (QED) is 0.876. The summed E-state index contributed by atoms with van der Waals surface area (Å²) in [5.41, 5.74) is 7.07. The molecule has 1 fully saturated rings. The van der Waals surface area contributed by atoms with Crippen LogP contribution in [0.4, 0.5) is 0 Å².